The van der Waals surface area contributed by atoms with Crippen molar-refractivity contribution in [1.82, 2.24) is 14.9 Å². The summed E-state index contributed by atoms with van der Waals surface area (Å²) in [6.07, 6.45) is 9.00. The highest BCUT2D eigenvalue weighted by Gasteiger charge is 2.20. The van der Waals surface area contributed by atoms with Crippen LogP contribution in [0.3, 0.4) is 0 Å². The largest absolute Gasteiger partial charge is 0.340 e. The first-order chi connectivity index (χ1) is 15.7. The lowest BCUT2D eigenvalue weighted by molar-refractivity contribution is 0.0788. The first-order valence-corrected chi connectivity index (χ1v) is 11.7. The average molecular weight is 426 g/mol. The fourth-order valence-electron chi connectivity index (χ4n) is 4.19. The van der Waals surface area contributed by atoms with E-state index in [0.29, 0.717) is 5.69 Å². The van der Waals surface area contributed by atoms with Gasteiger partial charge in [-0.25, -0.2) is 4.98 Å². The molecule has 0 aliphatic carbocycles. The summed E-state index contributed by atoms with van der Waals surface area (Å²) in [6.45, 7) is 2.97. The molecule has 0 aliphatic heterocycles. The summed E-state index contributed by atoms with van der Waals surface area (Å²) in [4.78, 5) is 24.8. The lowest BCUT2D eigenvalue weighted by atomic mass is 9.99. The highest BCUT2D eigenvalue weighted by Crippen LogP contribution is 2.30. The summed E-state index contributed by atoms with van der Waals surface area (Å²) in [7, 11) is 1.89. The highest BCUT2D eigenvalue weighted by molar-refractivity contribution is 6.08. The van der Waals surface area contributed by atoms with E-state index in [1.807, 2.05) is 54.4 Å². The third-order valence-corrected chi connectivity index (χ3v) is 6.04. The predicted molar refractivity (Wildman–Crippen MR) is 133 cm³/mol. The molecule has 2 aromatic carbocycles. The quantitative estimate of drug-likeness (QED) is 0.217. The molecule has 0 saturated carbocycles. The average Bonchev–Trinajstić information content (AvgIpc) is 2.85. The van der Waals surface area contributed by atoms with E-state index in [1.165, 1.54) is 25.7 Å². The molecule has 164 valence electrons. The van der Waals surface area contributed by atoms with E-state index in [9.17, 15) is 4.79 Å². The van der Waals surface area contributed by atoms with Gasteiger partial charge in [0.25, 0.3) is 5.91 Å². The zero-order chi connectivity index (χ0) is 22.3. The minimum absolute atomic E-state index is 0.0350. The van der Waals surface area contributed by atoms with Gasteiger partial charge in [0.2, 0.25) is 0 Å². The van der Waals surface area contributed by atoms with Crippen LogP contribution in [0.2, 0.25) is 0 Å². The Bertz CT molecular complexity index is 1200. The molecule has 0 spiro atoms. The first kappa shape index (κ1) is 21.9. The van der Waals surface area contributed by atoms with Crippen molar-refractivity contribution >= 4 is 27.7 Å². The van der Waals surface area contributed by atoms with Crippen molar-refractivity contribution in [3.63, 3.8) is 0 Å². The minimum atomic E-state index is -0.0350. The number of fused-ring (bicyclic) bond motifs is 3. The maximum atomic E-state index is 13.5. The Balaban J connectivity index is 1.69. The van der Waals surface area contributed by atoms with E-state index in [4.69, 9.17) is 4.98 Å². The fourth-order valence-corrected chi connectivity index (χ4v) is 4.19. The van der Waals surface area contributed by atoms with E-state index >= 15 is 0 Å². The lowest BCUT2D eigenvalue weighted by Crippen LogP contribution is -2.29. The summed E-state index contributed by atoms with van der Waals surface area (Å²) in [5.74, 6) is -0.0350. The first-order valence-electron chi connectivity index (χ1n) is 11.7. The molecule has 2 heterocycles. The van der Waals surface area contributed by atoms with Crippen LogP contribution >= 0.6 is 0 Å². The van der Waals surface area contributed by atoms with Crippen LogP contribution in [0.5, 0.6) is 0 Å². The van der Waals surface area contributed by atoms with Crippen molar-refractivity contribution in [2.24, 2.45) is 0 Å². The Kier molecular flexibility index (Phi) is 7.10. The number of aromatic nitrogens is 2. The van der Waals surface area contributed by atoms with Crippen molar-refractivity contribution in [2.45, 2.75) is 45.4 Å². The summed E-state index contributed by atoms with van der Waals surface area (Å²) >= 11 is 0. The molecule has 1 amide bonds. The SMILES string of the molecule is CCCCCCCCN(C)C(=O)c1nc2c(ccc3cccnc32)cc1-c1ccccc1. The zero-order valence-electron chi connectivity index (χ0n) is 19.1. The highest BCUT2D eigenvalue weighted by atomic mass is 16.2. The van der Waals surface area contributed by atoms with Crippen LogP contribution in [-0.2, 0) is 0 Å². The van der Waals surface area contributed by atoms with Gasteiger partial charge in [0.15, 0.2) is 0 Å². The van der Waals surface area contributed by atoms with Crippen molar-refractivity contribution < 1.29 is 4.79 Å². The number of hydrogen-bond donors (Lipinski definition) is 0. The number of carbonyl (C=O) groups excluding carboxylic acids is 1. The second-order valence-electron chi connectivity index (χ2n) is 8.46. The van der Waals surface area contributed by atoms with Gasteiger partial charge < -0.3 is 4.90 Å². The van der Waals surface area contributed by atoms with Crippen LogP contribution < -0.4 is 0 Å². The number of rotatable bonds is 9. The number of amides is 1. The normalized spacial score (nSPS) is 11.2. The Hall–Kier alpha value is -3.27. The standard InChI is InChI=1S/C28H31N3O/c1-3-4-5-6-7-11-19-31(2)28(32)27-24(21-13-9-8-10-14-21)20-23-17-16-22-15-12-18-29-25(22)26(23)30-27/h8-10,12-18,20H,3-7,11,19H2,1-2H3. The Morgan fingerprint density at radius 1 is 0.844 bits per heavy atom. The zero-order valence-corrected chi connectivity index (χ0v) is 19.1. The molecule has 0 unspecified atom stereocenters. The monoisotopic (exact) mass is 425 g/mol. The van der Waals surface area contributed by atoms with E-state index in [-0.39, 0.29) is 5.91 Å². The van der Waals surface area contributed by atoms with Crippen LogP contribution in [0.4, 0.5) is 0 Å². The summed E-state index contributed by atoms with van der Waals surface area (Å²) in [5, 5.41) is 2.02. The maximum absolute atomic E-state index is 13.5. The van der Waals surface area contributed by atoms with E-state index < -0.39 is 0 Å². The third-order valence-electron chi connectivity index (χ3n) is 6.04. The topological polar surface area (TPSA) is 46.1 Å². The number of unbranched alkanes of at least 4 members (excludes halogenated alkanes) is 5. The van der Waals surface area contributed by atoms with Crippen LogP contribution in [0.15, 0.2) is 66.9 Å². The summed E-state index contributed by atoms with van der Waals surface area (Å²) < 4.78 is 0. The van der Waals surface area contributed by atoms with Gasteiger partial charge in [-0.15, -0.1) is 0 Å². The van der Waals surface area contributed by atoms with E-state index in [1.54, 1.807) is 6.20 Å². The number of pyridine rings is 2. The van der Waals surface area contributed by atoms with Crippen LogP contribution in [-0.4, -0.2) is 34.4 Å². The minimum Gasteiger partial charge on any atom is -0.340 e. The number of nitrogens with zero attached hydrogens (tertiary/aromatic N) is 3. The van der Waals surface area contributed by atoms with Gasteiger partial charge in [-0.3, -0.25) is 9.78 Å². The molecular weight excluding hydrogens is 394 g/mol. The Labute approximate surface area is 190 Å². The van der Waals surface area contributed by atoms with Crippen LogP contribution in [0, 0.1) is 0 Å². The van der Waals surface area contributed by atoms with Gasteiger partial charge in [-0.2, -0.15) is 0 Å². The molecule has 0 N–H and O–H groups in total. The van der Waals surface area contributed by atoms with Gasteiger partial charge in [-0.05, 0) is 24.1 Å². The molecular formula is C28H31N3O. The number of carbonyl (C=O) groups is 1. The smallest absolute Gasteiger partial charge is 0.272 e. The molecule has 0 fully saturated rings. The molecule has 0 bridgehead atoms. The molecule has 4 aromatic rings. The molecule has 0 aliphatic rings. The maximum Gasteiger partial charge on any atom is 0.272 e. The third kappa shape index (κ3) is 4.80. The van der Waals surface area contributed by atoms with Crippen molar-refractivity contribution in [3.05, 3.63) is 72.6 Å². The Morgan fingerprint density at radius 2 is 1.59 bits per heavy atom. The Morgan fingerprint density at radius 3 is 2.41 bits per heavy atom. The number of hydrogen-bond acceptors (Lipinski definition) is 3. The second-order valence-corrected chi connectivity index (χ2v) is 8.46. The molecule has 4 heteroatoms. The van der Waals surface area contributed by atoms with Crippen molar-refractivity contribution in [3.8, 4) is 11.1 Å². The lowest BCUT2D eigenvalue weighted by Gasteiger charge is -2.19. The number of benzene rings is 2. The predicted octanol–water partition coefficient (Wildman–Crippen LogP) is 6.88. The van der Waals surface area contributed by atoms with Crippen molar-refractivity contribution in [1.29, 1.82) is 0 Å². The van der Waals surface area contributed by atoms with Crippen molar-refractivity contribution in [2.75, 3.05) is 13.6 Å². The van der Waals surface area contributed by atoms with Gasteiger partial charge in [-0.1, -0.05) is 87.6 Å². The van der Waals surface area contributed by atoms with Gasteiger partial charge >= 0.3 is 0 Å². The second kappa shape index (κ2) is 10.4. The van der Waals surface area contributed by atoms with Crippen LogP contribution in [0.1, 0.15) is 55.9 Å². The van der Waals surface area contributed by atoms with E-state index in [2.05, 4.69) is 30.1 Å². The molecule has 2 aromatic heterocycles. The van der Waals surface area contributed by atoms with Gasteiger partial charge in [0.1, 0.15) is 5.69 Å². The molecule has 4 rings (SSSR count). The van der Waals surface area contributed by atoms with Gasteiger partial charge in [0, 0.05) is 36.1 Å². The molecule has 0 radical (unpaired) electrons. The van der Waals surface area contributed by atoms with Gasteiger partial charge in [0.05, 0.1) is 11.0 Å². The molecule has 0 atom stereocenters. The van der Waals surface area contributed by atoms with Crippen LogP contribution in [0.25, 0.3) is 32.9 Å². The summed E-state index contributed by atoms with van der Waals surface area (Å²) in [5.41, 5.74) is 3.97. The summed E-state index contributed by atoms with van der Waals surface area (Å²) in [6, 6.07) is 20.2. The molecule has 4 nitrogen and oxygen atoms in total. The molecule has 0 saturated heterocycles. The fraction of sp³-hybridized carbons (Fsp3) is 0.321. The molecule has 32 heavy (non-hydrogen) atoms. The van der Waals surface area contributed by atoms with E-state index in [0.717, 1.165) is 52.3 Å².